The van der Waals surface area contributed by atoms with Crippen LogP contribution in [0.25, 0.3) is 5.57 Å². The molecule has 33 heavy (non-hydrogen) atoms. The van der Waals surface area contributed by atoms with Crippen molar-refractivity contribution in [2.45, 2.75) is 0 Å². The van der Waals surface area contributed by atoms with Gasteiger partial charge in [0.25, 0.3) is 0 Å². The molecule has 1 saturated carbocycles. The van der Waals surface area contributed by atoms with Crippen LogP contribution in [0.15, 0.2) is 96.6 Å². The van der Waals surface area contributed by atoms with Gasteiger partial charge in [0.05, 0.1) is 17.5 Å². The Bertz CT molecular complexity index is 1250. The fraction of sp³-hybridized carbons (Fsp3) is 0.143. The van der Waals surface area contributed by atoms with E-state index < -0.39 is 35.3 Å². The van der Waals surface area contributed by atoms with Crippen LogP contribution in [-0.4, -0.2) is 11.8 Å². The van der Waals surface area contributed by atoms with E-state index in [1.54, 1.807) is 0 Å². The van der Waals surface area contributed by atoms with Crippen LogP contribution in [0.2, 0.25) is 0 Å². The maximum atomic E-state index is 13.8. The molecule has 4 atom stereocenters. The predicted octanol–water partition coefficient (Wildman–Crippen LogP) is 5.39. The molecule has 3 aliphatic rings. The standard InChI is InChI=1S/C28H19F2NO2/c29-18-13-19(30)15-20(14-18)31-27(32)25-21-11-12-22(26(25)28(31)33)24(21)23(16-7-3-1-4-8-16)17-9-5-2-6-10-17/h1-15,21-22,25-26H/t21-,22+,25-,26-/m1/s1. The van der Waals surface area contributed by atoms with Gasteiger partial charge in [0.1, 0.15) is 11.6 Å². The van der Waals surface area contributed by atoms with E-state index in [9.17, 15) is 18.4 Å². The van der Waals surface area contributed by atoms with Crippen LogP contribution >= 0.6 is 0 Å². The molecule has 3 nitrogen and oxygen atoms in total. The lowest BCUT2D eigenvalue weighted by Gasteiger charge is -2.21. The van der Waals surface area contributed by atoms with Crippen molar-refractivity contribution in [3.63, 3.8) is 0 Å². The first kappa shape index (κ1) is 19.8. The number of allylic oxidation sites excluding steroid dienone is 3. The van der Waals surface area contributed by atoms with Gasteiger partial charge in [0.15, 0.2) is 0 Å². The van der Waals surface area contributed by atoms with Crippen molar-refractivity contribution in [2.75, 3.05) is 4.90 Å². The molecule has 6 rings (SSSR count). The average Bonchev–Trinajstić information content (AvgIpc) is 3.44. The lowest BCUT2D eigenvalue weighted by atomic mass is 9.85. The van der Waals surface area contributed by atoms with Crippen LogP contribution in [0.4, 0.5) is 14.5 Å². The molecule has 0 radical (unpaired) electrons. The van der Waals surface area contributed by atoms with E-state index in [-0.39, 0.29) is 17.5 Å². The van der Waals surface area contributed by atoms with Crippen molar-refractivity contribution in [2.24, 2.45) is 23.7 Å². The first-order valence-electron chi connectivity index (χ1n) is 10.9. The molecule has 5 heteroatoms. The summed E-state index contributed by atoms with van der Waals surface area (Å²) in [6.07, 6.45) is 4.02. The third-order valence-electron chi connectivity index (χ3n) is 6.93. The van der Waals surface area contributed by atoms with Crippen molar-refractivity contribution < 1.29 is 18.4 Å². The number of anilines is 1. The van der Waals surface area contributed by atoms with Crippen molar-refractivity contribution in [3.8, 4) is 0 Å². The predicted molar refractivity (Wildman–Crippen MR) is 121 cm³/mol. The van der Waals surface area contributed by atoms with E-state index in [1.807, 2.05) is 72.8 Å². The summed E-state index contributed by atoms with van der Waals surface area (Å²) in [7, 11) is 0. The summed E-state index contributed by atoms with van der Waals surface area (Å²) >= 11 is 0. The van der Waals surface area contributed by atoms with E-state index in [0.29, 0.717) is 0 Å². The zero-order valence-electron chi connectivity index (χ0n) is 17.5. The van der Waals surface area contributed by atoms with Crippen molar-refractivity contribution in [1.82, 2.24) is 0 Å². The van der Waals surface area contributed by atoms with E-state index in [0.717, 1.165) is 45.4 Å². The molecule has 0 N–H and O–H groups in total. The third kappa shape index (κ3) is 2.92. The van der Waals surface area contributed by atoms with Gasteiger partial charge in [-0.3, -0.25) is 9.59 Å². The highest BCUT2D eigenvalue weighted by atomic mass is 19.1. The molecule has 0 aromatic heterocycles. The lowest BCUT2D eigenvalue weighted by molar-refractivity contribution is -0.122. The van der Waals surface area contributed by atoms with Crippen molar-refractivity contribution >= 4 is 23.1 Å². The Balaban J connectivity index is 1.49. The highest BCUT2D eigenvalue weighted by Crippen LogP contribution is 2.58. The average molecular weight is 439 g/mol. The number of fused-ring (bicyclic) bond motifs is 5. The number of halogens is 2. The zero-order valence-corrected chi connectivity index (χ0v) is 17.5. The van der Waals surface area contributed by atoms with E-state index >= 15 is 0 Å². The van der Waals surface area contributed by atoms with Gasteiger partial charge in [-0.15, -0.1) is 0 Å². The first-order chi connectivity index (χ1) is 16.0. The van der Waals surface area contributed by atoms with Gasteiger partial charge in [0.2, 0.25) is 11.8 Å². The minimum atomic E-state index is -0.820. The number of carbonyl (C=O) groups excluding carboxylic acids is 2. The van der Waals surface area contributed by atoms with Gasteiger partial charge in [-0.2, -0.15) is 0 Å². The number of hydrogen-bond acceptors (Lipinski definition) is 2. The monoisotopic (exact) mass is 439 g/mol. The molecule has 3 aromatic carbocycles. The molecular weight excluding hydrogens is 420 g/mol. The molecule has 1 heterocycles. The summed E-state index contributed by atoms with van der Waals surface area (Å²) < 4.78 is 27.7. The molecule has 2 fully saturated rings. The highest BCUT2D eigenvalue weighted by Gasteiger charge is 2.62. The number of hydrogen-bond donors (Lipinski definition) is 0. The smallest absolute Gasteiger partial charge is 0.238 e. The minimum absolute atomic E-state index is 0.0480. The fourth-order valence-corrected chi connectivity index (χ4v) is 5.73. The molecule has 2 amide bonds. The SMILES string of the molecule is O=C1[C@H]2[C@H](C(=O)N1c1cc(F)cc(F)c1)[C@H]1C=C[C@@H]2C1=C(c1ccccc1)c1ccccc1. The Morgan fingerprint density at radius 2 is 1.12 bits per heavy atom. The first-order valence-corrected chi connectivity index (χ1v) is 10.9. The number of amides is 2. The minimum Gasteiger partial charge on any atom is -0.274 e. The molecule has 162 valence electrons. The summed E-state index contributed by atoms with van der Waals surface area (Å²) in [6, 6.07) is 22.7. The number of rotatable bonds is 3. The topological polar surface area (TPSA) is 37.4 Å². The summed E-state index contributed by atoms with van der Waals surface area (Å²) in [6.45, 7) is 0. The van der Waals surface area contributed by atoms with Crippen LogP contribution in [0.5, 0.6) is 0 Å². The number of imide groups is 1. The van der Waals surface area contributed by atoms with Gasteiger partial charge in [-0.05, 0) is 34.4 Å². The van der Waals surface area contributed by atoms with Crippen molar-refractivity contribution in [3.05, 3.63) is 119 Å². The van der Waals surface area contributed by atoms with Crippen LogP contribution in [0, 0.1) is 35.3 Å². The number of nitrogens with zero attached hydrogens (tertiary/aromatic N) is 1. The molecule has 2 bridgehead atoms. The summed E-state index contributed by atoms with van der Waals surface area (Å²) in [4.78, 5) is 27.9. The summed E-state index contributed by atoms with van der Waals surface area (Å²) in [5, 5.41) is 0. The zero-order chi connectivity index (χ0) is 22.7. The second-order valence-electron chi connectivity index (χ2n) is 8.69. The molecule has 0 unspecified atom stereocenters. The van der Waals surface area contributed by atoms with Crippen LogP contribution in [0.1, 0.15) is 11.1 Å². The fourth-order valence-electron chi connectivity index (χ4n) is 5.73. The van der Waals surface area contributed by atoms with E-state index in [1.165, 1.54) is 0 Å². The highest BCUT2D eigenvalue weighted by molar-refractivity contribution is 6.23. The third-order valence-corrected chi connectivity index (χ3v) is 6.93. The van der Waals surface area contributed by atoms with Gasteiger partial charge in [-0.25, -0.2) is 13.7 Å². The lowest BCUT2D eigenvalue weighted by Crippen LogP contribution is -2.33. The number of benzene rings is 3. The molecule has 1 saturated heterocycles. The summed E-state index contributed by atoms with van der Waals surface area (Å²) in [5.74, 6) is -4.06. The van der Waals surface area contributed by atoms with Gasteiger partial charge >= 0.3 is 0 Å². The van der Waals surface area contributed by atoms with Crippen LogP contribution in [0.3, 0.4) is 0 Å². The van der Waals surface area contributed by atoms with E-state index in [2.05, 4.69) is 0 Å². The molecule has 1 aliphatic heterocycles. The Kier molecular flexibility index (Phi) is 4.40. The van der Waals surface area contributed by atoms with Crippen molar-refractivity contribution in [1.29, 1.82) is 0 Å². The molecule has 3 aromatic rings. The molecular formula is C28H19F2NO2. The maximum Gasteiger partial charge on any atom is 0.238 e. The Morgan fingerprint density at radius 1 is 0.667 bits per heavy atom. The second-order valence-corrected chi connectivity index (χ2v) is 8.69. The largest absolute Gasteiger partial charge is 0.274 e. The molecule has 2 aliphatic carbocycles. The normalized spacial score (nSPS) is 25.2. The maximum absolute atomic E-state index is 13.8. The second kappa shape index (κ2) is 7.34. The van der Waals surface area contributed by atoms with Gasteiger partial charge in [0, 0.05) is 17.9 Å². The van der Waals surface area contributed by atoms with Gasteiger partial charge in [-0.1, -0.05) is 72.8 Å². The quantitative estimate of drug-likeness (QED) is 0.406. The Morgan fingerprint density at radius 3 is 1.58 bits per heavy atom. The van der Waals surface area contributed by atoms with Crippen LogP contribution in [-0.2, 0) is 9.59 Å². The van der Waals surface area contributed by atoms with Crippen LogP contribution < -0.4 is 4.90 Å². The Labute approximate surface area is 189 Å². The molecule has 0 spiro atoms. The van der Waals surface area contributed by atoms with E-state index in [4.69, 9.17) is 0 Å². The Hall–Kier alpha value is -3.86. The summed E-state index contributed by atoms with van der Waals surface area (Å²) in [5.41, 5.74) is 4.11. The number of carbonyl (C=O) groups is 2. The van der Waals surface area contributed by atoms with Gasteiger partial charge < -0.3 is 0 Å².